The van der Waals surface area contributed by atoms with E-state index in [0.717, 1.165) is 26.1 Å². The predicted molar refractivity (Wildman–Crippen MR) is 71.8 cm³/mol. The number of amides is 1. The molecule has 5 heteroatoms. The van der Waals surface area contributed by atoms with Crippen molar-refractivity contribution in [3.8, 4) is 0 Å². The van der Waals surface area contributed by atoms with Gasteiger partial charge in [0.05, 0.1) is 5.56 Å². The van der Waals surface area contributed by atoms with E-state index < -0.39 is 0 Å². The lowest BCUT2D eigenvalue weighted by Crippen LogP contribution is -2.32. The summed E-state index contributed by atoms with van der Waals surface area (Å²) >= 11 is 5.71. The molecule has 1 unspecified atom stereocenters. The Morgan fingerprint density at radius 2 is 2.39 bits per heavy atom. The van der Waals surface area contributed by atoms with Crippen LogP contribution in [0.2, 0.25) is 5.15 Å². The van der Waals surface area contributed by atoms with E-state index in [1.54, 1.807) is 17.0 Å². The third-order valence-electron chi connectivity index (χ3n) is 3.34. The molecule has 0 aliphatic carbocycles. The van der Waals surface area contributed by atoms with E-state index >= 15 is 0 Å². The third kappa shape index (κ3) is 3.21. The van der Waals surface area contributed by atoms with Crippen molar-refractivity contribution >= 4 is 17.5 Å². The molecule has 0 radical (unpaired) electrons. The first-order valence-electron chi connectivity index (χ1n) is 6.12. The fraction of sp³-hybridized carbons (Fsp3) is 0.538. The number of aromatic nitrogens is 1. The van der Waals surface area contributed by atoms with Gasteiger partial charge in [0.2, 0.25) is 0 Å². The number of carbonyl (C=O) groups excluding carboxylic acids is 1. The second-order valence-corrected chi connectivity index (χ2v) is 5.36. The van der Waals surface area contributed by atoms with Crippen molar-refractivity contribution in [1.29, 1.82) is 0 Å². The lowest BCUT2D eigenvalue weighted by Gasteiger charge is -2.21. The number of pyridine rings is 1. The maximum atomic E-state index is 12.2. The quantitative estimate of drug-likeness (QED) is 0.783. The average Bonchev–Trinajstić information content (AvgIpc) is 2.75. The number of halogens is 1. The highest BCUT2D eigenvalue weighted by Crippen LogP contribution is 2.16. The Kier molecular flexibility index (Phi) is 4.19. The van der Waals surface area contributed by atoms with Crippen LogP contribution in [0.15, 0.2) is 18.3 Å². The van der Waals surface area contributed by atoms with Crippen LogP contribution in [0.4, 0.5) is 0 Å². The van der Waals surface area contributed by atoms with Crippen LogP contribution in [0.3, 0.4) is 0 Å². The van der Waals surface area contributed by atoms with Crippen LogP contribution in [0.5, 0.6) is 0 Å². The minimum atomic E-state index is 0.00807. The van der Waals surface area contributed by atoms with Crippen molar-refractivity contribution in [1.82, 2.24) is 14.8 Å². The molecule has 1 saturated heterocycles. The summed E-state index contributed by atoms with van der Waals surface area (Å²) in [5, 5.41) is 0.409. The molecule has 0 spiro atoms. The van der Waals surface area contributed by atoms with E-state index in [9.17, 15) is 4.79 Å². The summed E-state index contributed by atoms with van der Waals surface area (Å²) in [7, 11) is 3.96. The minimum absolute atomic E-state index is 0.00807. The van der Waals surface area contributed by atoms with Gasteiger partial charge in [-0.1, -0.05) is 11.6 Å². The van der Waals surface area contributed by atoms with Crippen molar-refractivity contribution in [3.63, 3.8) is 0 Å². The first-order valence-corrected chi connectivity index (χ1v) is 6.49. The van der Waals surface area contributed by atoms with Crippen LogP contribution < -0.4 is 0 Å². The number of carbonyl (C=O) groups is 1. The molecule has 98 valence electrons. The molecule has 18 heavy (non-hydrogen) atoms. The molecule has 1 amide bonds. The minimum Gasteiger partial charge on any atom is -0.341 e. The zero-order valence-electron chi connectivity index (χ0n) is 10.8. The molecule has 2 heterocycles. The number of nitrogens with zero attached hydrogens (tertiary/aromatic N) is 3. The molecular weight excluding hydrogens is 250 g/mol. The van der Waals surface area contributed by atoms with Crippen LogP contribution in [-0.2, 0) is 0 Å². The Morgan fingerprint density at radius 3 is 2.94 bits per heavy atom. The lowest BCUT2D eigenvalue weighted by atomic mass is 10.1. The molecule has 1 aliphatic rings. The molecule has 1 aromatic heterocycles. The summed E-state index contributed by atoms with van der Waals surface area (Å²) in [4.78, 5) is 20.2. The fourth-order valence-electron chi connectivity index (χ4n) is 2.37. The SMILES string of the molecule is CN1CCC(CN(C)C(=O)c2ccc(Cl)nc2)C1. The van der Waals surface area contributed by atoms with Gasteiger partial charge < -0.3 is 9.80 Å². The summed E-state index contributed by atoms with van der Waals surface area (Å²) in [5.41, 5.74) is 0.591. The molecule has 0 saturated carbocycles. The van der Waals surface area contributed by atoms with E-state index in [4.69, 9.17) is 11.6 Å². The van der Waals surface area contributed by atoms with Crippen molar-refractivity contribution in [2.24, 2.45) is 5.92 Å². The van der Waals surface area contributed by atoms with E-state index in [0.29, 0.717) is 16.6 Å². The molecule has 1 aliphatic heterocycles. The normalized spacial score (nSPS) is 20.1. The summed E-state index contributed by atoms with van der Waals surface area (Å²) in [6.07, 6.45) is 2.69. The number of hydrogen-bond acceptors (Lipinski definition) is 3. The second-order valence-electron chi connectivity index (χ2n) is 4.97. The van der Waals surface area contributed by atoms with Crippen LogP contribution in [0.1, 0.15) is 16.8 Å². The van der Waals surface area contributed by atoms with Crippen LogP contribution in [-0.4, -0.2) is 54.4 Å². The average molecular weight is 268 g/mol. The molecule has 4 nitrogen and oxygen atoms in total. The Hall–Kier alpha value is -1.13. The molecule has 1 aromatic rings. The van der Waals surface area contributed by atoms with Gasteiger partial charge in [-0.3, -0.25) is 4.79 Å². The van der Waals surface area contributed by atoms with E-state index in [-0.39, 0.29) is 5.91 Å². The van der Waals surface area contributed by atoms with Gasteiger partial charge >= 0.3 is 0 Å². The molecule has 1 fully saturated rings. The zero-order valence-corrected chi connectivity index (χ0v) is 11.5. The Labute approximate surface area is 113 Å². The van der Waals surface area contributed by atoms with E-state index in [1.165, 1.54) is 6.20 Å². The van der Waals surface area contributed by atoms with Gasteiger partial charge in [-0.2, -0.15) is 0 Å². The third-order valence-corrected chi connectivity index (χ3v) is 3.57. The summed E-state index contributed by atoms with van der Waals surface area (Å²) in [5.74, 6) is 0.581. The molecule has 2 rings (SSSR count). The monoisotopic (exact) mass is 267 g/mol. The van der Waals surface area contributed by atoms with Gasteiger partial charge in [0.1, 0.15) is 5.15 Å². The van der Waals surface area contributed by atoms with Crippen molar-refractivity contribution < 1.29 is 4.79 Å². The topological polar surface area (TPSA) is 36.4 Å². The summed E-state index contributed by atoms with van der Waals surface area (Å²) < 4.78 is 0. The smallest absolute Gasteiger partial charge is 0.255 e. The highest BCUT2D eigenvalue weighted by atomic mass is 35.5. The Bertz CT molecular complexity index is 421. The summed E-state index contributed by atoms with van der Waals surface area (Å²) in [6, 6.07) is 3.36. The van der Waals surface area contributed by atoms with Crippen LogP contribution in [0, 0.1) is 5.92 Å². The highest BCUT2D eigenvalue weighted by Gasteiger charge is 2.23. The molecule has 0 aromatic carbocycles. The molecular formula is C13H18ClN3O. The molecule has 1 atom stereocenters. The molecule has 0 N–H and O–H groups in total. The van der Waals surface area contributed by atoms with Gasteiger partial charge in [0.25, 0.3) is 5.91 Å². The Balaban J connectivity index is 1.94. The van der Waals surface area contributed by atoms with Gasteiger partial charge in [0, 0.05) is 26.3 Å². The van der Waals surface area contributed by atoms with Gasteiger partial charge in [-0.05, 0) is 38.1 Å². The van der Waals surface area contributed by atoms with Gasteiger partial charge in [-0.15, -0.1) is 0 Å². The highest BCUT2D eigenvalue weighted by molar-refractivity contribution is 6.29. The first kappa shape index (κ1) is 13.3. The van der Waals surface area contributed by atoms with Crippen molar-refractivity contribution in [2.75, 3.05) is 33.7 Å². The predicted octanol–water partition coefficient (Wildman–Crippen LogP) is 1.76. The van der Waals surface area contributed by atoms with Gasteiger partial charge in [0.15, 0.2) is 0 Å². The molecule has 0 bridgehead atoms. The number of hydrogen-bond donors (Lipinski definition) is 0. The fourth-order valence-corrected chi connectivity index (χ4v) is 2.48. The maximum Gasteiger partial charge on any atom is 0.255 e. The van der Waals surface area contributed by atoms with Crippen molar-refractivity contribution in [2.45, 2.75) is 6.42 Å². The largest absolute Gasteiger partial charge is 0.341 e. The first-order chi connectivity index (χ1) is 8.56. The lowest BCUT2D eigenvalue weighted by molar-refractivity contribution is 0.0773. The van der Waals surface area contributed by atoms with E-state index in [1.807, 2.05) is 7.05 Å². The standard InChI is InChI=1S/C13H18ClN3O/c1-16-6-5-10(8-16)9-17(2)13(18)11-3-4-12(14)15-7-11/h3-4,7,10H,5-6,8-9H2,1-2H3. The van der Waals surface area contributed by atoms with Crippen LogP contribution >= 0.6 is 11.6 Å². The zero-order chi connectivity index (χ0) is 13.1. The van der Waals surface area contributed by atoms with Crippen molar-refractivity contribution in [3.05, 3.63) is 29.0 Å². The van der Waals surface area contributed by atoms with Gasteiger partial charge in [-0.25, -0.2) is 4.98 Å². The Morgan fingerprint density at radius 1 is 1.61 bits per heavy atom. The van der Waals surface area contributed by atoms with Crippen LogP contribution in [0.25, 0.3) is 0 Å². The summed E-state index contributed by atoms with van der Waals surface area (Å²) in [6.45, 7) is 2.98. The maximum absolute atomic E-state index is 12.2. The second kappa shape index (κ2) is 5.67. The van der Waals surface area contributed by atoms with E-state index in [2.05, 4.69) is 16.9 Å². The number of likely N-dealkylation sites (tertiary alicyclic amines) is 1. The number of rotatable bonds is 3.